The number of hydrogen-bond acceptors (Lipinski definition) is 6. The van der Waals surface area contributed by atoms with Crippen LogP contribution in [-0.4, -0.2) is 72.5 Å². The highest BCUT2D eigenvalue weighted by Gasteiger charge is 2.41. The Balaban J connectivity index is 1.30. The van der Waals surface area contributed by atoms with E-state index in [1.54, 1.807) is 0 Å². The van der Waals surface area contributed by atoms with E-state index in [4.69, 9.17) is 18.9 Å². The molecule has 0 saturated carbocycles. The van der Waals surface area contributed by atoms with E-state index in [-0.39, 0.29) is 24.4 Å². The van der Waals surface area contributed by atoms with Crippen LogP contribution in [0.15, 0.2) is 91.0 Å². The number of carbonyl (C=O) groups excluding carboxylic acids is 1. The third kappa shape index (κ3) is 9.63. The van der Waals surface area contributed by atoms with Gasteiger partial charge >= 0.3 is 6.09 Å². The van der Waals surface area contributed by atoms with Gasteiger partial charge in [0.25, 0.3) is 0 Å². The van der Waals surface area contributed by atoms with E-state index in [1.807, 2.05) is 80.3 Å². The Hall–Kier alpha value is -3.23. The maximum absolute atomic E-state index is 12.7. The Kier molecular flexibility index (Phi) is 10.9. The number of ether oxygens (including phenoxy) is 4. The van der Waals surface area contributed by atoms with Gasteiger partial charge < -0.3 is 23.8 Å². The van der Waals surface area contributed by atoms with Crippen LogP contribution in [0, 0.1) is 5.92 Å². The number of nitrogens with zero attached hydrogens (tertiary/aromatic N) is 2. The fraction of sp³-hybridized carbons (Fsp3) is 0.472. The zero-order valence-corrected chi connectivity index (χ0v) is 25.8. The van der Waals surface area contributed by atoms with Crippen LogP contribution in [0.3, 0.4) is 0 Å². The number of hydrogen-bond donors (Lipinski definition) is 0. The largest absolute Gasteiger partial charge is 0.444 e. The maximum atomic E-state index is 12.7. The molecule has 0 spiro atoms. The van der Waals surface area contributed by atoms with E-state index in [2.05, 4.69) is 41.3 Å². The molecule has 3 aromatic rings. The molecule has 43 heavy (non-hydrogen) atoms. The third-order valence-corrected chi connectivity index (χ3v) is 7.96. The summed E-state index contributed by atoms with van der Waals surface area (Å²) in [6.07, 6.45) is 0.139. The van der Waals surface area contributed by atoms with E-state index in [0.717, 1.165) is 49.3 Å². The first kappa shape index (κ1) is 31.2. The van der Waals surface area contributed by atoms with Gasteiger partial charge in [0, 0.05) is 32.7 Å². The van der Waals surface area contributed by atoms with Gasteiger partial charge in [-0.1, -0.05) is 91.0 Å². The lowest BCUT2D eigenvalue weighted by molar-refractivity contribution is -0.185. The summed E-state index contributed by atoms with van der Waals surface area (Å²) in [6, 6.07) is 30.8. The summed E-state index contributed by atoms with van der Waals surface area (Å²) in [4.78, 5) is 17.0. The van der Waals surface area contributed by atoms with Gasteiger partial charge in [0.05, 0.1) is 32.0 Å². The molecule has 2 heterocycles. The summed E-state index contributed by atoms with van der Waals surface area (Å²) >= 11 is 0. The van der Waals surface area contributed by atoms with E-state index in [9.17, 15) is 4.79 Å². The molecule has 2 aliphatic heterocycles. The molecule has 2 fully saturated rings. The molecule has 2 saturated heterocycles. The topological polar surface area (TPSA) is 60.5 Å². The van der Waals surface area contributed by atoms with Crippen molar-refractivity contribution < 1.29 is 23.7 Å². The summed E-state index contributed by atoms with van der Waals surface area (Å²) in [7, 11) is 0. The van der Waals surface area contributed by atoms with Crippen molar-refractivity contribution in [2.45, 2.75) is 70.9 Å². The first-order valence-corrected chi connectivity index (χ1v) is 15.5. The second-order valence-electron chi connectivity index (χ2n) is 12.7. The number of rotatable bonds is 11. The minimum atomic E-state index is -0.497. The van der Waals surface area contributed by atoms with E-state index >= 15 is 0 Å². The Morgan fingerprint density at radius 3 is 1.63 bits per heavy atom. The quantitative estimate of drug-likeness (QED) is 0.262. The third-order valence-electron chi connectivity index (χ3n) is 7.96. The van der Waals surface area contributed by atoms with Gasteiger partial charge in [-0.05, 0) is 49.8 Å². The van der Waals surface area contributed by atoms with Crippen LogP contribution in [-0.2, 0) is 38.8 Å². The monoisotopic (exact) mass is 586 g/mol. The number of carbonyl (C=O) groups is 1. The fourth-order valence-corrected chi connectivity index (χ4v) is 5.85. The van der Waals surface area contributed by atoms with Crippen LogP contribution in [0.2, 0.25) is 0 Å². The molecular formula is C36H46N2O5. The number of benzene rings is 3. The molecular weight excluding hydrogens is 540 g/mol. The fourth-order valence-electron chi connectivity index (χ4n) is 5.85. The molecule has 1 amide bonds. The van der Waals surface area contributed by atoms with Crippen molar-refractivity contribution in [3.8, 4) is 0 Å². The molecule has 7 nitrogen and oxygen atoms in total. The predicted molar refractivity (Wildman–Crippen MR) is 167 cm³/mol. The summed E-state index contributed by atoms with van der Waals surface area (Å²) in [5.41, 5.74) is 2.89. The van der Waals surface area contributed by atoms with Gasteiger partial charge in [-0.25, -0.2) is 4.79 Å². The normalized spacial score (nSPS) is 22.9. The highest BCUT2D eigenvalue weighted by atomic mass is 16.6. The van der Waals surface area contributed by atoms with Crippen molar-refractivity contribution >= 4 is 6.09 Å². The van der Waals surface area contributed by atoms with Crippen molar-refractivity contribution in [3.05, 3.63) is 108 Å². The Morgan fingerprint density at radius 2 is 1.16 bits per heavy atom. The zero-order chi connectivity index (χ0) is 30.1. The Morgan fingerprint density at radius 1 is 0.698 bits per heavy atom. The second kappa shape index (κ2) is 15.0. The summed E-state index contributed by atoms with van der Waals surface area (Å²) in [6.45, 7) is 11.0. The lowest BCUT2D eigenvalue weighted by atomic mass is 9.98. The lowest BCUT2D eigenvalue weighted by Crippen LogP contribution is -2.58. The highest BCUT2D eigenvalue weighted by Crippen LogP contribution is 2.27. The average molecular weight is 587 g/mol. The first-order chi connectivity index (χ1) is 20.8. The number of amides is 1. The van der Waals surface area contributed by atoms with Crippen molar-refractivity contribution in [2.75, 3.05) is 32.7 Å². The Bertz CT molecular complexity index is 1200. The standard InChI is InChI=1S/C36H46N2O5/c1-36(2,3)43-35(39)38-20-19-31(22-38)21-37-23-32(40-25-28-13-7-4-8-14-28)34(42-27-30-17-11-6-12-18-30)33(24-37)41-26-29-15-9-5-10-16-29/h4-18,31-34H,19-27H2,1-3H3. The molecule has 230 valence electrons. The van der Waals surface area contributed by atoms with Crippen molar-refractivity contribution in [3.63, 3.8) is 0 Å². The molecule has 0 N–H and O–H groups in total. The van der Waals surface area contributed by atoms with Gasteiger partial charge in [-0.15, -0.1) is 0 Å². The molecule has 2 aliphatic rings. The second-order valence-corrected chi connectivity index (χ2v) is 12.7. The Labute approximate surface area is 256 Å². The SMILES string of the molecule is CC(C)(C)OC(=O)N1CCC(CN2CC(OCc3ccccc3)C(OCc3ccccc3)C(OCc3ccccc3)C2)C1. The van der Waals surface area contributed by atoms with Gasteiger partial charge in [0.1, 0.15) is 11.7 Å². The lowest BCUT2D eigenvalue weighted by Gasteiger charge is -2.43. The van der Waals surface area contributed by atoms with Crippen molar-refractivity contribution in [1.29, 1.82) is 0 Å². The highest BCUT2D eigenvalue weighted by molar-refractivity contribution is 5.68. The van der Waals surface area contributed by atoms with Crippen LogP contribution in [0.1, 0.15) is 43.9 Å². The van der Waals surface area contributed by atoms with Crippen molar-refractivity contribution in [1.82, 2.24) is 9.80 Å². The number of likely N-dealkylation sites (tertiary alicyclic amines) is 2. The van der Waals surface area contributed by atoms with Gasteiger partial charge in [-0.2, -0.15) is 0 Å². The molecule has 0 aliphatic carbocycles. The first-order valence-electron chi connectivity index (χ1n) is 15.5. The van der Waals surface area contributed by atoms with Crippen LogP contribution in [0.4, 0.5) is 4.79 Å². The van der Waals surface area contributed by atoms with E-state index in [1.165, 1.54) is 0 Å². The molecule has 3 unspecified atom stereocenters. The summed E-state index contributed by atoms with van der Waals surface area (Å²) in [5, 5.41) is 0. The molecule has 0 bridgehead atoms. The zero-order valence-electron chi connectivity index (χ0n) is 25.8. The molecule has 7 heteroatoms. The van der Waals surface area contributed by atoms with E-state index < -0.39 is 5.60 Å². The number of piperidine rings is 1. The molecule has 3 aromatic carbocycles. The van der Waals surface area contributed by atoms with Crippen LogP contribution < -0.4 is 0 Å². The smallest absolute Gasteiger partial charge is 0.410 e. The van der Waals surface area contributed by atoms with Crippen LogP contribution in [0.5, 0.6) is 0 Å². The minimum absolute atomic E-state index is 0.179. The predicted octanol–water partition coefficient (Wildman–Crippen LogP) is 6.32. The average Bonchev–Trinajstić information content (AvgIpc) is 3.48. The van der Waals surface area contributed by atoms with Crippen LogP contribution in [0.25, 0.3) is 0 Å². The van der Waals surface area contributed by atoms with Crippen LogP contribution >= 0.6 is 0 Å². The molecule has 0 aromatic heterocycles. The summed E-state index contributed by atoms with van der Waals surface area (Å²) < 4.78 is 25.5. The van der Waals surface area contributed by atoms with Gasteiger partial charge in [-0.3, -0.25) is 4.90 Å². The molecule has 5 rings (SSSR count). The summed E-state index contributed by atoms with van der Waals surface area (Å²) in [5.74, 6) is 0.360. The van der Waals surface area contributed by atoms with Gasteiger partial charge in [0.15, 0.2) is 0 Å². The van der Waals surface area contributed by atoms with E-state index in [0.29, 0.717) is 32.3 Å². The molecule has 3 atom stereocenters. The van der Waals surface area contributed by atoms with Crippen molar-refractivity contribution in [2.24, 2.45) is 5.92 Å². The minimum Gasteiger partial charge on any atom is -0.444 e. The van der Waals surface area contributed by atoms with Gasteiger partial charge in [0.2, 0.25) is 0 Å². The molecule has 0 radical (unpaired) electrons. The maximum Gasteiger partial charge on any atom is 0.410 e.